The summed E-state index contributed by atoms with van der Waals surface area (Å²) in [6, 6.07) is 4.72. The number of anilines is 2. The van der Waals surface area contributed by atoms with E-state index in [-0.39, 0.29) is 29.8 Å². The van der Waals surface area contributed by atoms with Crippen molar-refractivity contribution in [2.75, 3.05) is 43.9 Å². The summed E-state index contributed by atoms with van der Waals surface area (Å²) in [4.78, 5) is 33.6. The predicted octanol–water partition coefficient (Wildman–Crippen LogP) is 2.83. The summed E-state index contributed by atoms with van der Waals surface area (Å²) in [5, 5.41) is 17.8. The van der Waals surface area contributed by atoms with Crippen LogP contribution in [0.4, 0.5) is 16.3 Å². The molecular weight excluding hydrogens is 469 g/mol. The number of rotatable bonds is 9. The number of nitriles is 1. The number of urea groups is 1. The molecule has 12 heteroatoms. The molecule has 3 N–H and O–H groups in total. The molecule has 3 amide bonds. The van der Waals surface area contributed by atoms with Crippen LogP contribution in [0.15, 0.2) is 24.5 Å². The number of hydrogen-bond acceptors (Lipinski definition) is 7. The van der Waals surface area contributed by atoms with Crippen molar-refractivity contribution in [3.8, 4) is 11.8 Å². The molecule has 1 saturated heterocycles. The lowest BCUT2D eigenvalue weighted by Gasteiger charge is -2.16. The summed E-state index contributed by atoms with van der Waals surface area (Å²) >= 11 is 6.41. The molecule has 1 aliphatic heterocycles. The van der Waals surface area contributed by atoms with Crippen molar-refractivity contribution in [1.29, 1.82) is 5.26 Å². The molecule has 0 aliphatic carbocycles. The van der Waals surface area contributed by atoms with Gasteiger partial charge in [0.1, 0.15) is 11.8 Å². The van der Waals surface area contributed by atoms with Crippen molar-refractivity contribution in [1.82, 2.24) is 20.2 Å². The number of halogens is 2. The number of benzene rings is 1. The zero-order chi connectivity index (χ0) is 22.9. The van der Waals surface area contributed by atoms with Gasteiger partial charge in [-0.2, -0.15) is 5.26 Å². The molecule has 0 bridgehead atoms. The van der Waals surface area contributed by atoms with Gasteiger partial charge < -0.3 is 20.3 Å². The summed E-state index contributed by atoms with van der Waals surface area (Å²) in [5.74, 6) is 0.885. The second-order valence-corrected chi connectivity index (χ2v) is 7.51. The van der Waals surface area contributed by atoms with E-state index >= 15 is 0 Å². The number of methoxy groups -OCH3 is 1. The first-order valence-corrected chi connectivity index (χ1v) is 10.5. The largest absolute Gasteiger partial charge is 0.495 e. The standard InChI is InChI=1S/C21H24ClN7O3.ClH/c1-32-18-9-14(4-5-24-6-8-29-7-2-3-20(29)30)16(22)10-17(18)27-21(31)28-19-13-25-15(11-23)12-26-19;/h9-10,12-13,24H,2-8H2,1H3,(H2,26,27,28,31);1H. The van der Waals surface area contributed by atoms with Crippen LogP contribution in [0, 0.1) is 11.3 Å². The van der Waals surface area contributed by atoms with Crippen molar-refractivity contribution in [3.63, 3.8) is 0 Å². The Morgan fingerprint density at radius 3 is 2.73 bits per heavy atom. The first-order valence-electron chi connectivity index (χ1n) is 10.1. The van der Waals surface area contributed by atoms with Gasteiger partial charge in [0.2, 0.25) is 5.91 Å². The number of amides is 3. The van der Waals surface area contributed by atoms with Crippen LogP contribution in [-0.2, 0) is 11.2 Å². The van der Waals surface area contributed by atoms with Gasteiger partial charge in [0.15, 0.2) is 11.5 Å². The average Bonchev–Trinajstić information content (AvgIpc) is 3.20. The second kappa shape index (κ2) is 12.8. The maximum atomic E-state index is 12.3. The number of hydrogen-bond donors (Lipinski definition) is 3. The van der Waals surface area contributed by atoms with Crippen LogP contribution >= 0.6 is 24.0 Å². The maximum absolute atomic E-state index is 12.3. The molecule has 0 spiro atoms. The van der Waals surface area contributed by atoms with E-state index in [1.54, 1.807) is 12.1 Å². The van der Waals surface area contributed by atoms with Gasteiger partial charge in [-0.05, 0) is 37.1 Å². The monoisotopic (exact) mass is 493 g/mol. The zero-order valence-corrected chi connectivity index (χ0v) is 19.6. The molecule has 1 fully saturated rings. The molecule has 176 valence electrons. The Morgan fingerprint density at radius 2 is 2.09 bits per heavy atom. The van der Waals surface area contributed by atoms with Crippen molar-refractivity contribution >= 4 is 47.5 Å². The van der Waals surface area contributed by atoms with E-state index in [9.17, 15) is 9.59 Å². The van der Waals surface area contributed by atoms with Gasteiger partial charge >= 0.3 is 6.03 Å². The summed E-state index contributed by atoms with van der Waals surface area (Å²) in [5.41, 5.74) is 1.43. The summed E-state index contributed by atoms with van der Waals surface area (Å²) in [6.45, 7) is 2.95. The number of nitrogens with zero attached hydrogens (tertiary/aromatic N) is 4. The van der Waals surface area contributed by atoms with Gasteiger partial charge in [0.25, 0.3) is 0 Å². The Bertz CT molecular complexity index is 1010. The van der Waals surface area contributed by atoms with Gasteiger partial charge in [-0.15, -0.1) is 12.4 Å². The molecular formula is C21H25Cl2N7O3. The minimum atomic E-state index is -0.552. The third-order valence-electron chi connectivity index (χ3n) is 4.93. The van der Waals surface area contributed by atoms with E-state index in [1.165, 1.54) is 19.5 Å². The number of carbonyl (C=O) groups is 2. The molecule has 1 aromatic carbocycles. The fourth-order valence-electron chi connectivity index (χ4n) is 3.28. The minimum absolute atomic E-state index is 0. The molecule has 1 aliphatic rings. The van der Waals surface area contributed by atoms with Crippen molar-refractivity contribution in [2.45, 2.75) is 19.3 Å². The van der Waals surface area contributed by atoms with E-state index in [0.29, 0.717) is 42.4 Å². The molecule has 0 radical (unpaired) electrons. The molecule has 33 heavy (non-hydrogen) atoms. The highest BCUT2D eigenvalue weighted by atomic mass is 35.5. The number of nitrogens with one attached hydrogen (secondary N) is 3. The Hall–Kier alpha value is -3.13. The fourth-order valence-corrected chi connectivity index (χ4v) is 3.53. The predicted molar refractivity (Wildman–Crippen MR) is 127 cm³/mol. The number of ether oxygens (including phenoxy) is 1. The van der Waals surface area contributed by atoms with Crippen LogP contribution in [-0.4, -0.2) is 60.1 Å². The van der Waals surface area contributed by atoms with Crippen molar-refractivity contribution in [2.24, 2.45) is 0 Å². The number of likely N-dealkylation sites (tertiary alicyclic amines) is 1. The summed E-state index contributed by atoms with van der Waals surface area (Å²) in [6.07, 6.45) is 4.80. The Labute approximate surface area is 203 Å². The molecule has 0 atom stereocenters. The van der Waals surface area contributed by atoms with E-state index in [4.69, 9.17) is 21.6 Å². The molecule has 0 unspecified atom stereocenters. The zero-order valence-electron chi connectivity index (χ0n) is 18.1. The van der Waals surface area contributed by atoms with Gasteiger partial charge in [0, 0.05) is 31.1 Å². The number of aromatic nitrogens is 2. The van der Waals surface area contributed by atoms with Crippen LogP contribution in [0.2, 0.25) is 5.02 Å². The Balaban J connectivity index is 0.00000385. The quantitative estimate of drug-likeness (QED) is 0.457. The van der Waals surface area contributed by atoms with Gasteiger partial charge in [-0.3, -0.25) is 10.1 Å². The topological polar surface area (TPSA) is 132 Å². The van der Waals surface area contributed by atoms with Crippen molar-refractivity contribution < 1.29 is 14.3 Å². The normalized spacial score (nSPS) is 12.6. The van der Waals surface area contributed by atoms with Gasteiger partial charge in [-0.1, -0.05) is 11.6 Å². The minimum Gasteiger partial charge on any atom is -0.495 e. The lowest BCUT2D eigenvalue weighted by atomic mass is 10.1. The van der Waals surface area contributed by atoms with Crippen molar-refractivity contribution in [3.05, 3.63) is 40.8 Å². The molecule has 3 rings (SSSR count). The third-order valence-corrected chi connectivity index (χ3v) is 5.28. The van der Waals surface area contributed by atoms with Gasteiger partial charge in [0.05, 0.1) is 25.2 Å². The second-order valence-electron chi connectivity index (χ2n) is 7.11. The van der Waals surface area contributed by atoms with Crippen LogP contribution < -0.4 is 20.7 Å². The molecule has 10 nitrogen and oxygen atoms in total. The lowest BCUT2D eigenvalue weighted by Crippen LogP contribution is -2.33. The molecule has 2 aromatic rings. The average molecular weight is 494 g/mol. The van der Waals surface area contributed by atoms with E-state index < -0.39 is 6.03 Å². The highest BCUT2D eigenvalue weighted by molar-refractivity contribution is 6.31. The molecule has 2 heterocycles. The summed E-state index contributed by atoms with van der Waals surface area (Å²) in [7, 11) is 1.51. The van der Waals surface area contributed by atoms with E-state index in [1.807, 2.05) is 11.0 Å². The van der Waals surface area contributed by atoms with Crippen LogP contribution in [0.5, 0.6) is 5.75 Å². The lowest BCUT2D eigenvalue weighted by molar-refractivity contribution is -0.127. The van der Waals surface area contributed by atoms with Crippen LogP contribution in [0.1, 0.15) is 24.1 Å². The molecule has 0 saturated carbocycles. The van der Waals surface area contributed by atoms with Crippen LogP contribution in [0.25, 0.3) is 0 Å². The SMILES string of the molecule is COc1cc(CCNCCN2CCCC2=O)c(Cl)cc1NC(=O)Nc1cnc(C#N)cn1.Cl. The van der Waals surface area contributed by atoms with E-state index in [0.717, 1.165) is 25.1 Å². The first kappa shape index (κ1) is 26.1. The highest BCUT2D eigenvalue weighted by Gasteiger charge is 2.19. The van der Waals surface area contributed by atoms with Gasteiger partial charge in [-0.25, -0.2) is 14.8 Å². The van der Waals surface area contributed by atoms with Crippen LogP contribution in [0.3, 0.4) is 0 Å². The number of carbonyl (C=O) groups excluding carboxylic acids is 2. The first-order chi connectivity index (χ1) is 15.5. The molecule has 1 aromatic heterocycles. The third kappa shape index (κ3) is 7.46. The Morgan fingerprint density at radius 1 is 1.27 bits per heavy atom. The highest BCUT2D eigenvalue weighted by Crippen LogP contribution is 2.31. The Kier molecular flexibility index (Phi) is 10.1. The fraction of sp³-hybridized carbons (Fsp3) is 0.381. The smallest absolute Gasteiger partial charge is 0.325 e. The van der Waals surface area contributed by atoms with E-state index in [2.05, 4.69) is 25.9 Å². The maximum Gasteiger partial charge on any atom is 0.325 e. The summed E-state index contributed by atoms with van der Waals surface area (Å²) < 4.78 is 5.40.